The average molecular weight is 282 g/mol. The summed E-state index contributed by atoms with van der Waals surface area (Å²) in [6.07, 6.45) is 0.944. The van der Waals surface area contributed by atoms with Gasteiger partial charge in [0.25, 0.3) is 0 Å². The van der Waals surface area contributed by atoms with Crippen LogP contribution >= 0.6 is 0 Å². The lowest BCUT2D eigenvalue weighted by Gasteiger charge is -2.16. The van der Waals surface area contributed by atoms with Crippen LogP contribution in [0.5, 0.6) is 0 Å². The fraction of sp³-hybridized carbons (Fsp3) is 0.625. The molecule has 0 saturated carbocycles. The molecule has 4 nitrogen and oxygen atoms in total. The van der Waals surface area contributed by atoms with Crippen molar-refractivity contribution in [2.45, 2.75) is 47.5 Å². The number of esters is 2. The predicted molar refractivity (Wildman–Crippen MR) is 79.2 cm³/mol. The molecular weight excluding hydrogens is 256 g/mol. The lowest BCUT2D eigenvalue weighted by Crippen LogP contribution is -2.28. The third kappa shape index (κ3) is 6.55. The van der Waals surface area contributed by atoms with Crippen LogP contribution in [0.2, 0.25) is 0 Å². The van der Waals surface area contributed by atoms with Gasteiger partial charge in [0.15, 0.2) is 5.92 Å². The van der Waals surface area contributed by atoms with Crippen molar-refractivity contribution in [1.29, 1.82) is 0 Å². The lowest BCUT2D eigenvalue weighted by molar-refractivity contribution is -0.161. The Balaban J connectivity index is 4.80. The molecular formula is C16H26O4. The van der Waals surface area contributed by atoms with Gasteiger partial charge < -0.3 is 9.47 Å². The molecule has 0 N–H and O–H groups in total. The Kier molecular flexibility index (Phi) is 8.61. The van der Waals surface area contributed by atoms with Crippen molar-refractivity contribution >= 4 is 11.9 Å². The minimum Gasteiger partial charge on any atom is -0.465 e. The van der Waals surface area contributed by atoms with E-state index in [0.29, 0.717) is 6.42 Å². The summed E-state index contributed by atoms with van der Waals surface area (Å²) in [5.74, 6) is -1.99. The quantitative estimate of drug-likeness (QED) is 0.389. The number of hydrogen-bond acceptors (Lipinski definition) is 4. The Morgan fingerprint density at radius 2 is 1.45 bits per heavy atom. The number of ether oxygens (including phenoxy) is 2. The molecule has 20 heavy (non-hydrogen) atoms. The maximum atomic E-state index is 11.8. The highest BCUT2D eigenvalue weighted by Gasteiger charge is 2.29. The highest BCUT2D eigenvalue weighted by molar-refractivity contribution is 5.95. The zero-order valence-corrected chi connectivity index (χ0v) is 13.2. The van der Waals surface area contributed by atoms with Gasteiger partial charge in [-0.25, -0.2) is 0 Å². The van der Waals surface area contributed by atoms with Gasteiger partial charge in [0, 0.05) is 0 Å². The van der Waals surface area contributed by atoms with E-state index in [0.717, 1.165) is 5.57 Å². The summed E-state index contributed by atoms with van der Waals surface area (Å²) in [5, 5.41) is 0. The van der Waals surface area contributed by atoms with Gasteiger partial charge in [-0.15, -0.1) is 0 Å². The molecule has 0 bridgehead atoms. The number of hydrogen-bond donors (Lipinski definition) is 0. The molecule has 0 heterocycles. The number of carbonyl (C=O) groups excluding carboxylic acids is 2. The first kappa shape index (κ1) is 18.4. The molecule has 0 aliphatic rings. The summed E-state index contributed by atoms with van der Waals surface area (Å²) in [4.78, 5) is 23.7. The van der Waals surface area contributed by atoms with Crippen LogP contribution in [0.3, 0.4) is 0 Å². The molecule has 0 aromatic heterocycles. The Morgan fingerprint density at radius 3 is 1.80 bits per heavy atom. The lowest BCUT2D eigenvalue weighted by atomic mass is 9.95. The van der Waals surface area contributed by atoms with Crippen LogP contribution in [0, 0.1) is 5.92 Å². The van der Waals surface area contributed by atoms with Crippen LogP contribution in [0.1, 0.15) is 47.5 Å². The number of allylic oxidation sites excluding steroid dienone is 3. The molecule has 4 heteroatoms. The summed E-state index contributed by atoms with van der Waals surface area (Å²) in [6, 6.07) is 0. The van der Waals surface area contributed by atoms with E-state index in [1.54, 1.807) is 13.8 Å². The molecule has 0 rings (SSSR count). The van der Waals surface area contributed by atoms with E-state index in [4.69, 9.17) is 9.47 Å². The van der Waals surface area contributed by atoms with Crippen molar-refractivity contribution in [3.63, 3.8) is 0 Å². The first-order valence-electron chi connectivity index (χ1n) is 6.96. The van der Waals surface area contributed by atoms with Crippen LogP contribution in [-0.4, -0.2) is 25.2 Å². The maximum Gasteiger partial charge on any atom is 0.320 e. The normalized spacial score (nSPS) is 10.1. The molecule has 0 aliphatic heterocycles. The standard InChI is InChI=1S/C16H26O4/c1-7-19-15(17)14(16(18)20-8-2)10-12(5)9-13(6)11(3)4/h14H,5,7-10H2,1-4,6H3. The zero-order chi connectivity index (χ0) is 15.7. The van der Waals surface area contributed by atoms with E-state index in [-0.39, 0.29) is 19.6 Å². The molecule has 0 aromatic carbocycles. The number of carbonyl (C=O) groups is 2. The minimum atomic E-state index is -0.910. The van der Waals surface area contributed by atoms with Crippen molar-refractivity contribution in [2.24, 2.45) is 5.92 Å². The van der Waals surface area contributed by atoms with Crippen LogP contribution in [0.4, 0.5) is 0 Å². The van der Waals surface area contributed by atoms with Gasteiger partial charge in [-0.05, 0) is 47.5 Å². The molecule has 0 unspecified atom stereocenters. The SMILES string of the molecule is C=C(CC(C)=C(C)C)CC(C(=O)OCC)C(=O)OCC. The molecule has 0 radical (unpaired) electrons. The Hall–Kier alpha value is -1.58. The van der Waals surface area contributed by atoms with E-state index < -0.39 is 17.9 Å². The van der Waals surface area contributed by atoms with Crippen molar-refractivity contribution in [2.75, 3.05) is 13.2 Å². The van der Waals surface area contributed by atoms with Crippen LogP contribution in [0.25, 0.3) is 0 Å². The van der Waals surface area contributed by atoms with Gasteiger partial charge in [-0.2, -0.15) is 0 Å². The zero-order valence-electron chi connectivity index (χ0n) is 13.2. The summed E-state index contributed by atoms with van der Waals surface area (Å²) < 4.78 is 9.86. The average Bonchev–Trinajstić information content (AvgIpc) is 2.36. The Labute approximate surface area is 121 Å². The van der Waals surface area contributed by atoms with E-state index in [1.165, 1.54) is 11.1 Å². The monoisotopic (exact) mass is 282 g/mol. The van der Waals surface area contributed by atoms with Crippen molar-refractivity contribution in [3.8, 4) is 0 Å². The van der Waals surface area contributed by atoms with Crippen molar-refractivity contribution in [3.05, 3.63) is 23.3 Å². The van der Waals surface area contributed by atoms with Crippen molar-refractivity contribution < 1.29 is 19.1 Å². The van der Waals surface area contributed by atoms with Gasteiger partial charge in [0.1, 0.15) is 0 Å². The smallest absolute Gasteiger partial charge is 0.320 e. The molecule has 0 aliphatic carbocycles. The van der Waals surface area contributed by atoms with E-state index in [9.17, 15) is 9.59 Å². The topological polar surface area (TPSA) is 52.6 Å². The Morgan fingerprint density at radius 1 is 1.00 bits per heavy atom. The maximum absolute atomic E-state index is 11.8. The fourth-order valence-electron chi connectivity index (χ4n) is 1.66. The van der Waals surface area contributed by atoms with Gasteiger partial charge in [0.2, 0.25) is 0 Å². The van der Waals surface area contributed by atoms with E-state index >= 15 is 0 Å². The largest absolute Gasteiger partial charge is 0.465 e. The third-order valence-electron chi connectivity index (χ3n) is 3.00. The second-order valence-corrected chi connectivity index (χ2v) is 4.97. The molecule has 0 fully saturated rings. The molecule has 0 atom stereocenters. The first-order chi connectivity index (χ1) is 9.33. The van der Waals surface area contributed by atoms with Crippen LogP contribution in [-0.2, 0) is 19.1 Å². The van der Waals surface area contributed by atoms with Gasteiger partial charge in [-0.3, -0.25) is 9.59 Å². The number of rotatable bonds is 8. The summed E-state index contributed by atoms with van der Waals surface area (Å²) >= 11 is 0. The minimum absolute atomic E-state index is 0.244. The second-order valence-electron chi connectivity index (χ2n) is 4.97. The molecule has 0 spiro atoms. The Bertz CT molecular complexity index is 371. The van der Waals surface area contributed by atoms with Gasteiger partial charge in [-0.1, -0.05) is 23.3 Å². The first-order valence-corrected chi connectivity index (χ1v) is 6.96. The van der Waals surface area contributed by atoms with Crippen molar-refractivity contribution in [1.82, 2.24) is 0 Å². The summed E-state index contributed by atoms with van der Waals surface area (Å²) in [7, 11) is 0. The third-order valence-corrected chi connectivity index (χ3v) is 3.00. The highest BCUT2D eigenvalue weighted by Crippen LogP contribution is 2.21. The summed E-state index contributed by atoms with van der Waals surface area (Å²) in [6.45, 7) is 13.9. The summed E-state index contributed by atoms with van der Waals surface area (Å²) in [5.41, 5.74) is 3.24. The predicted octanol–water partition coefficient (Wildman–Crippen LogP) is 3.42. The van der Waals surface area contributed by atoms with Crippen LogP contribution in [0.15, 0.2) is 23.3 Å². The fourth-order valence-corrected chi connectivity index (χ4v) is 1.66. The van der Waals surface area contributed by atoms with E-state index in [1.807, 2.05) is 20.8 Å². The molecule has 0 aromatic rings. The van der Waals surface area contributed by atoms with Gasteiger partial charge in [0.05, 0.1) is 13.2 Å². The van der Waals surface area contributed by atoms with Crippen LogP contribution < -0.4 is 0 Å². The molecule has 0 saturated heterocycles. The second kappa shape index (κ2) is 9.34. The molecule has 114 valence electrons. The van der Waals surface area contributed by atoms with Gasteiger partial charge >= 0.3 is 11.9 Å². The highest BCUT2D eigenvalue weighted by atomic mass is 16.6. The van der Waals surface area contributed by atoms with E-state index in [2.05, 4.69) is 6.58 Å². The molecule has 0 amide bonds.